The summed E-state index contributed by atoms with van der Waals surface area (Å²) in [5.74, 6) is -0.459. The van der Waals surface area contributed by atoms with Crippen molar-refractivity contribution in [3.8, 4) is 0 Å². The zero-order valence-electron chi connectivity index (χ0n) is 15.3. The smallest absolute Gasteiger partial charge is 0.251 e. The summed E-state index contributed by atoms with van der Waals surface area (Å²) in [6.07, 6.45) is 2.75. The van der Waals surface area contributed by atoms with Gasteiger partial charge in [0.05, 0.1) is 5.41 Å². The Kier molecular flexibility index (Phi) is 7.59. The molecule has 27 heavy (non-hydrogen) atoms. The van der Waals surface area contributed by atoms with E-state index in [2.05, 4.69) is 5.32 Å². The third kappa shape index (κ3) is 4.97. The average molecular weight is 400 g/mol. The predicted molar refractivity (Wildman–Crippen MR) is 102 cm³/mol. The second-order valence-corrected chi connectivity index (χ2v) is 7.14. The molecule has 0 unspecified atom stereocenters. The molecule has 2 amide bonds. The van der Waals surface area contributed by atoms with Gasteiger partial charge in [-0.2, -0.15) is 0 Å². The van der Waals surface area contributed by atoms with Gasteiger partial charge in [-0.3, -0.25) is 9.59 Å². The van der Waals surface area contributed by atoms with Gasteiger partial charge in [0.2, 0.25) is 5.91 Å². The highest BCUT2D eigenvalue weighted by Crippen LogP contribution is 2.32. The molecule has 0 atom stereocenters. The Morgan fingerprint density at radius 3 is 2.33 bits per heavy atom. The molecule has 2 aliphatic rings. The number of nitrogens with one attached hydrogen (secondary N) is 1. The third-order valence-corrected chi connectivity index (χ3v) is 5.52. The Hall–Kier alpha value is -1.70. The van der Waals surface area contributed by atoms with Crippen LogP contribution >= 0.6 is 12.4 Å². The van der Waals surface area contributed by atoms with Crippen molar-refractivity contribution < 1.29 is 18.7 Å². The van der Waals surface area contributed by atoms with E-state index in [0.717, 1.165) is 0 Å². The molecule has 0 saturated carbocycles. The van der Waals surface area contributed by atoms with Gasteiger partial charge in [0, 0.05) is 44.5 Å². The fourth-order valence-electron chi connectivity index (χ4n) is 3.70. The molecule has 0 aromatic heterocycles. The minimum atomic E-state index is -0.498. The zero-order chi connectivity index (χ0) is 18.6. The van der Waals surface area contributed by atoms with Crippen LogP contribution in [0, 0.1) is 11.2 Å². The lowest BCUT2D eigenvalue weighted by Crippen LogP contribution is -2.54. The lowest BCUT2D eigenvalue weighted by molar-refractivity contribution is -0.148. The molecule has 0 radical (unpaired) electrons. The van der Waals surface area contributed by atoms with Crippen molar-refractivity contribution in [2.45, 2.75) is 31.7 Å². The summed E-state index contributed by atoms with van der Waals surface area (Å²) in [5.41, 5.74) is 5.87. The molecule has 150 valence electrons. The fraction of sp³-hybridized carbons (Fsp3) is 0.579. The summed E-state index contributed by atoms with van der Waals surface area (Å²) < 4.78 is 18.3. The quantitative estimate of drug-likeness (QED) is 0.807. The maximum Gasteiger partial charge on any atom is 0.251 e. The van der Waals surface area contributed by atoms with E-state index in [1.807, 2.05) is 4.90 Å². The van der Waals surface area contributed by atoms with Gasteiger partial charge in [-0.15, -0.1) is 12.4 Å². The summed E-state index contributed by atoms with van der Waals surface area (Å²) in [6, 6.07) is 5.51. The summed E-state index contributed by atoms with van der Waals surface area (Å²) >= 11 is 0. The monoisotopic (exact) mass is 399 g/mol. The molecule has 2 heterocycles. The van der Waals surface area contributed by atoms with Crippen LogP contribution in [0.5, 0.6) is 0 Å². The van der Waals surface area contributed by atoms with Crippen molar-refractivity contribution in [3.63, 3.8) is 0 Å². The molecule has 3 N–H and O–H groups in total. The van der Waals surface area contributed by atoms with Gasteiger partial charge >= 0.3 is 0 Å². The number of hydrogen-bond acceptors (Lipinski definition) is 4. The van der Waals surface area contributed by atoms with E-state index < -0.39 is 5.41 Å². The fourth-order valence-corrected chi connectivity index (χ4v) is 3.70. The lowest BCUT2D eigenvalue weighted by atomic mass is 9.78. The van der Waals surface area contributed by atoms with Crippen molar-refractivity contribution in [3.05, 3.63) is 35.6 Å². The highest BCUT2D eigenvalue weighted by atomic mass is 35.5. The van der Waals surface area contributed by atoms with E-state index in [-0.39, 0.29) is 36.1 Å². The highest BCUT2D eigenvalue weighted by Gasteiger charge is 2.42. The van der Waals surface area contributed by atoms with E-state index in [9.17, 15) is 14.0 Å². The van der Waals surface area contributed by atoms with Gasteiger partial charge in [0.1, 0.15) is 5.82 Å². The molecule has 1 aromatic carbocycles. The zero-order valence-corrected chi connectivity index (χ0v) is 16.1. The van der Waals surface area contributed by atoms with Gasteiger partial charge in [0.25, 0.3) is 5.91 Å². The number of carbonyl (C=O) groups excluding carboxylic acids is 2. The van der Waals surface area contributed by atoms with E-state index in [1.54, 1.807) is 0 Å². The van der Waals surface area contributed by atoms with Crippen molar-refractivity contribution >= 4 is 24.2 Å². The number of nitrogens with two attached hydrogens (primary N) is 1. The average Bonchev–Trinajstić information content (AvgIpc) is 2.69. The van der Waals surface area contributed by atoms with Crippen LogP contribution in [-0.2, 0) is 9.53 Å². The van der Waals surface area contributed by atoms with Crippen molar-refractivity contribution in [1.82, 2.24) is 10.2 Å². The summed E-state index contributed by atoms with van der Waals surface area (Å²) in [4.78, 5) is 27.1. The summed E-state index contributed by atoms with van der Waals surface area (Å²) in [7, 11) is 0. The number of benzene rings is 1. The van der Waals surface area contributed by atoms with Crippen LogP contribution in [0.3, 0.4) is 0 Å². The van der Waals surface area contributed by atoms with Crippen LogP contribution < -0.4 is 11.1 Å². The van der Waals surface area contributed by atoms with Gasteiger partial charge in [-0.1, -0.05) is 0 Å². The number of nitrogens with zero attached hydrogens (tertiary/aromatic N) is 1. The first-order valence-electron chi connectivity index (χ1n) is 9.18. The SMILES string of the molecule is Cl.NCC1(C(=O)N2CCC(NC(=O)c3ccc(F)cc3)CC2)CCOCC1. The molecular weight excluding hydrogens is 373 g/mol. The molecular formula is C19H27ClFN3O3. The van der Waals surface area contributed by atoms with Crippen LogP contribution in [0.2, 0.25) is 0 Å². The largest absolute Gasteiger partial charge is 0.381 e. The molecule has 0 spiro atoms. The molecule has 6 nitrogen and oxygen atoms in total. The molecule has 0 bridgehead atoms. The Balaban J connectivity index is 0.00000261. The van der Waals surface area contributed by atoms with Crippen LogP contribution in [0.25, 0.3) is 0 Å². The van der Waals surface area contributed by atoms with Crippen LogP contribution in [0.4, 0.5) is 4.39 Å². The number of ether oxygens (including phenoxy) is 1. The van der Waals surface area contributed by atoms with E-state index in [4.69, 9.17) is 10.5 Å². The van der Waals surface area contributed by atoms with Crippen LogP contribution in [0.15, 0.2) is 24.3 Å². The summed E-state index contributed by atoms with van der Waals surface area (Å²) in [5, 5.41) is 2.97. The minimum absolute atomic E-state index is 0. The van der Waals surface area contributed by atoms with E-state index >= 15 is 0 Å². The number of amides is 2. The van der Waals surface area contributed by atoms with Crippen molar-refractivity contribution in [2.75, 3.05) is 32.8 Å². The Morgan fingerprint density at radius 2 is 1.78 bits per heavy atom. The topological polar surface area (TPSA) is 84.7 Å². The molecule has 3 rings (SSSR count). The first-order valence-corrected chi connectivity index (χ1v) is 9.18. The second-order valence-electron chi connectivity index (χ2n) is 7.14. The number of hydrogen-bond donors (Lipinski definition) is 2. The molecule has 1 aromatic rings. The number of likely N-dealkylation sites (tertiary alicyclic amines) is 1. The minimum Gasteiger partial charge on any atom is -0.381 e. The molecule has 2 fully saturated rings. The Labute approximate surface area is 165 Å². The Morgan fingerprint density at radius 1 is 1.19 bits per heavy atom. The van der Waals surface area contributed by atoms with Crippen LogP contribution in [-0.4, -0.2) is 55.6 Å². The number of carbonyl (C=O) groups is 2. The van der Waals surface area contributed by atoms with Crippen molar-refractivity contribution in [2.24, 2.45) is 11.1 Å². The first kappa shape index (κ1) is 21.6. The predicted octanol–water partition coefficient (Wildman–Crippen LogP) is 1.72. The molecule has 2 saturated heterocycles. The van der Waals surface area contributed by atoms with Crippen molar-refractivity contribution in [1.29, 1.82) is 0 Å². The third-order valence-electron chi connectivity index (χ3n) is 5.52. The number of piperidine rings is 1. The maximum absolute atomic E-state index is 13.0. The molecule has 8 heteroatoms. The van der Waals surface area contributed by atoms with Gasteiger partial charge < -0.3 is 20.7 Å². The lowest BCUT2D eigenvalue weighted by Gasteiger charge is -2.41. The Bertz CT molecular complexity index is 642. The second kappa shape index (κ2) is 9.48. The van der Waals surface area contributed by atoms with Gasteiger partial charge in [-0.05, 0) is 49.9 Å². The summed E-state index contributed by atoms with van der Waals surface area (Å²) in [6.45, 7) is 2.71. The standard InChI is InChI=1S/C19H26FN3O3.ClH/c20-15-3-1-14(2-4-15)17(24)22-16-5-9-23(10-6-16)18(25)19(13-21)7-11-26-12-8-19;/h1-4,16H,5-13,21H2,(H,22,24);1H. The molecule has 0 aliphatic carbocycles. The first-order chi connectivity index (χ1) is 12.5. The highest BCUT2D eigenvalue weighted by molar-refractivity contribution is 5.94. The van der Waals surface area contributed by atoms with E-state index in [1.165, 1.54) is 24.3 Å². The number of rotatable bonds is 4. The number of halogens is 2. The van der Waals surface area contributed by atoms with Crippen LogP contribution in [0.1, 0.15) is 36.0 Å². The maximum atomic E-state index is 13.0. The normalized spacial score (nSPS) is 19.9. The van der Waals surface area contributed by atoms with Gasteiger partial charge in [-0.25, -0.2) is 4.39 Å². The molecule has 2 aliphatic heterocycles. The van der Waals surface area contributed by atoms with E-state index in [0.29, 0.717) is 64.1 Å². The van der Waals surface area contributed by atoms with Gasteiger partial charge in [0.15, 0.2) is 0 Å².